The van der Waals surface area contributed by atoms with Gasteiger partial charge in [0.05, 0.1) is 5.33 Å². The lowest BCUT2D eigenvalue weighted by atomic mass is 10.1. The summed E-state index contributed by atoms with van der Waals surface area (Å²) in [7, 11) is 3.50. The first-order valence-corrected chi connectivity index (χ1v) is 9.48. The van der Waals surface area contributed by atoms with Crippen LogP contribution in [0.2, 0.25) is 0 Å². The number of halogens is 1. The molecular weight excluding hydrogens is 344 g/mol. The number of carbonyl (C=O) groups excluding carboxylic acids is 1. The smallest absolute Gasteiger partial charge is 0.230 e. The number of aromatic nitrogens is 1. The number of hydrogen-bond acceptors (Lipinski definition) is 4. The second-order valence-electron chi connectivity index (χ2n) is 4.54. The first-order chi connectivity index (χ1) is 9.01. The number of alkyl halides is 1. The van der Waals surface area contributed by atoms with Crippen LogP contribution in [0, 0.1) is 0 Å². The lowest BCUT2D eigenvalue weighted by Crippen LogP contribution is -2.34. The lowest BCUT2D eigenvalue weighted by Gasteiger charge is -2.13. The number of nitrogens with one attached hydrogen (secondary N) is 1. The Kier molecular flexibility index (Phi) is 7.87. The van der Waals surface area contributed by atoms with Crippen molar-refractivity contribution >= 4 is 43.4 Å². The van der Waals surface area contributed by atoms with Gasteiger partial charge >= 0.3 is 0 Å². The molecule has 1 aromatic rings. The van der Waals surface area contributed by atoms with Crippen molar-refractivity contribution in [1.82, 2.24) is 10.3 Å². The predicted molar refractivity (Wildman–Crippen MR) is 87.9 cm³/mol. The monoisotopic (exact) mass is 362 g/mol. The van der Waals surface area contributed by atoms with Gasteiger partial charge in [-0.25, -0.2) is 4.98 Å². The highest BCUT2D eigenvalue weighted by Crippen LogP contribution is 2.33. The zero-order valence-corrected chi connectivity index (χ0v) is 14.6. The number of rotatable bonds is 7. The Morgan fingerprint density at radius 3 is 2.84 bits per heavy atom. The van der Waals surface area contributed by atoms with Crippen molar-refractivity contribution < 1.29 is 4.79 Å². The summed E-state index contributed by atoms with van der Waals surface area (Å²) in [5.74, 6) is 0.0199. The number of carbonyl (C=O) groups is 1. The van der Waals surface area contributed by atoms with Crippen molar-refractivity contribution in [2.24, 2.45) is 0 Å². The summed E-state index contributed by atoms with van der Waals surface area (Å²) >= 11 is 3.15. The molecule has 1 N–H and O–H groups in total. The summed E-state index contributed by atoms with van der Waals surface area (Å²) in [6.07, 6.45) is 2.65. The van der Waals surface area contributed by atoms with Gasteiger partial charge in [-0.15, -0.1) is 0 Å². The second kappa shape index (κ2) is 8.87. The molecule has 3 nitrogen and oxygen atoms in total. The van der Waals surface area contributed by atoms with E-state index in [0.717, 1.165) is 11.4 Å². The SMILES string of the molecule is CC(Cc1ccnc(SSC(C)C)c1)NC(=O)CBr. The van der Waals surface area contributed by atoms with Crippen LogP contribution in [0.15, 0.2) is 23.4 Å². The Hall–Kier alpha value is -0.200. The molecule has 1 amide bonds. The number of hydrogen-bond donors (Lipinski definition) is 1. The summed E-state index contributed by atoms with van der Waals surface area (Å²) in [5, 5.41) is 4.88. The maximum atomic E-state index is 11.3. The molecule has 106 valence electrons. The fourth-order valence-electron chi connectivity index (χ4n) is 1.49. The molecule has 0 spiro atoms. The summed E-state index contributed by atoms with van der Waals surface area (Å²) in [4.78, 5) is 15.6. The molecule has 0 aromatic carbocycles. The Balaban J connectivity index is 2.54. The van der Waals surface area contributed by atoms with Gasteiger partial charge < -0.3 is 5.32 Å². The van der Waals surface area contributed by atoms with Crippen LogP contribution >= 0.6 is 37.5 Å². The molecule has 6 heteroatoms. The van der Waals surface area contributed by atoms with E-state index >= 15 is 0 Å². The predicted octanol–water partition coefficient (Wildman–Crippen LogP) is 3.67. The van der Waals surface area contributed by atoms with E-state index < -0.39 is 0 Å². The Labute approximate surface area is 131 Å². The van der Waals surface area contributed by atoms with Crippen molar-refractivity contribution in [3.63, 3.8) is 0 Å². The third-order valence-electron chi connectivity index (χ3n) is 2.20. The van der Waals surface area contributed by atoms with Gasteiger partial charge in [-0.3, -0.25) is 4.79 Å². The van der Waals surface area contributed by atoms with E-state index in [1.54, 1.807) is 21.6 Å². The average molecular weight is 363 g/mol. The van der Waals surface area contributed by atoms with E-state index in [9.17, 15) is 4.79 Å². The molecule has 0 aliphatic carbocycles. The van der Waals surface area contributed by atoms with Gasteiger partial charge in [-0.2, -0.15) is 0 Å². The van der Waals surface area contributed by atoms with E-state index in [-0.39, 0.29) is 11.9 Å². The molecule has 0 aliphatic rings. The Morgan fingerprint density at radius 2 is 2.21 bits per heavy atom. The maximum Gasteiger partial charge on any atom is 0.230 e. The summed E-state index contributed by atoms with van der Waals surface area (Å²) in [6.45, 7) is 6.34. The van der Waals surface area contributed by atoms with Gasteiger partial charge in [-0.1, -0.05) is 40.6 Å². The van der Waals surface area contributed by atoms with Gasteiger partial charge in [-0.05, 0) is 41.8 Å². The Morgan fingerprint density at radius 1 is 1.47 bits per heavy atom. The lowest BCUT2D eigenvalue weighted by molar-refractivity contribution is -0.119. The minimum Gasteiger partial charge on any atom is -0.353 e. The molecule has 1 rings (SSSR count). The summed E-state index contributed by atoms with van der Waals surface area (Å²) in [6, 6.07) is 4.22. The third kappa shape index (κ3) is 7.22. The summed E-state index contributed by atoms with van der Waals surface area (Å²) in [5.41, 5.74) is 1.20. The molecule has 0 aliphatic heterocycles. The van der Waals surface area contributed by atoms with Gasteiger partial charge in [0.15, 0.2) is 0 Å². The largest absolute Gasteiger partial charge is 0.353 e. The second-order valence-corrected chi connectivity index (χ2v) is 7.90. The highest BCUT2D eigenvalue weighted by molar-refractivity contribution is 9.09. The number of amides is 1. The molecule has 0 radical (unpaired) electrons. The van der Waals surface area contributed by atoms with Crippen molar-refractivity contribution in [1.29, 1.82) is 0 Å². The third-order valence-corrected chi connectivity index (χ3v) is 5.54. The minimum absolute atomic E-state index is 0.0199. The van der Waals surface area contributed by atoms with Crippen LogP contribution in [-0.2, 0) is 11.2 Å². The molecule has 0 saturated heterocycles. The highest BCUT2D eigenvalue weighted by atomic mass is 79.9. The molecule has 0 bridgehead atoms. The maximum absolute atomic E-state index is 11.3. The topological polar surface area (TPSA) is 42.0 Å². The zero-order chi connectivity index (χ0) is 14.3. The van der Waals surface area contributed by atoms with Crippen LogP contribution in [0.1, 0.15) is 26.3 Å². The van der Waals surface area contributed by atoms with Gasteiger partial charge in [0.1, 0.15) is 5.03 Å². The molecule has 1 heterocycles. The van der Waals surface area contributed by atoms with Gasteiger partial charge in [0.2, 0.25) is 5.91 Å². The van der Waals surface area contributed by atoms with Crippen LogP contribution in [-0.4, -0.2) is 27.5 Å². The van der Waals surface area contributed by atoms with Crippen LogP contribution in [0.25, 0.3) is 0 Å². The highest BCUT2D eigenvalue weighted by Gasteiger charge is 2.08. The van der Waals surface area contributed by atoms with E-state index in [1.165, 1.54) is 5.56 Å². The molecular formula is C13H19BrN2OS2. The standard InChI is InChI=1S/C13H19BrN2OS2/c1-9(2)18-19-13-7-11(4-5-15-13)6-10(3)16-12(17)8-14/h4-5,7,9-10H,6,8H2,1-3H3,(H,16,17). The molecule has 19 heavy (non-hydrogen) atoms. The van der Waals surface area contributed by atoms with Crippen molar-refractivity contribution in [2.75, 3.05) is 5.33 Å². The molecule has 0 saturated carbocycles. The van der Waals surface area contributed by atoms with E-state index in [0.29, 0.717) is 10.6 Å². The van der Waals surface area contributed by atoms with Crippen molar-refractivity contribution in [3.8, 4) is 0 Å². The molecule has 1 aromatic heterocycles. The molecule has 1 atom stereocenters. The summed E-state index contributed by atoms with van der Waals surface area (Å²) < 4.78 is 0. The average Bonchev–Trinajstić information content (AvgIpc) is 2.36. The number of nitrogens with zero attached hydrogens (tertiary/aromatic N) is 1. The fraction of sp³-hybridized carbons (Fsp3) is 0.538. The first-order valence-electron chi connectivity index (χ1n) is 6.15. The van der Waals surface area contributed by atoms with E-state index in [1.807, 2.05) is 19.2 Å². The zero-order valence-electron chi connectivity index (χ0n) is 11.4. The molecule has 1 unspecified atom stereocenters. The van der Waals surface area contributed by atoms with Crippen LogP contribution in [0.3, 0.4) is 0 Å². The van der Waals surface area contributed by atoms with Gasteiger partial charge in [0.25, 0.3) is 0 Å². The number of pyridine rings is 1. The fourth-order valence-corrected chi connectivity index (χ4v) is 3.39. The molecule has 0 fully saturated rings. The van der Waals surface area contributed by atoms with E-state index in [2.05, 4.69) is 46.1 Å². The normalized spacial score (nSPS) is 12.5. The minimum atomic E-state index is 0.0199. The van der Waals surface area contributed by atoms with Gasteiger partial charge in [0, 0.05) is 17.5 Å². The van der Waals surface area contributed by atoms with Crippen molar-refractivity contribution in [3.05, 3.63) is 23.9 Å². The van der Waals surface area contributed by atoms with E-state index in [4.69, 9.17) is 0 Å². The van der Waals surface area contributed by atoms with Crippen LogP contribution in [0.5, 0.6) is 0 Å². The van der Waals surface area contributed by atoms with Crippen molar-refractivity contribution in [2.45, 2.75) is 43.5 Å². The van der Waals surface area contributed by atoms with Crippen LogP contribution < -0.4 is 5.32 Å². The first kappa shape index (κ1) is 16.9. The van der Waals surface area contributed by atoms with Crippen LogP contribution in [0.4, 0.5) is 0 Å². The Bertz CT molecular complexity index is 415. The quantitative estimate of drug-likeness (QED) is 0.593.